The molecule has 1 aliphatic carbocycles. The maximum absolute atomic E-state index is 12.3. The molecule has 4 heteroatoms. The van der Waals surface area contributed by atoms with Crippen molar-refractivity contribution in [1.82, 2.24) is 0 Å². The maximum atomic E-state index is 12.3. The van der Waals surface area contributed by atoms with E-state index in [1.807, 2.05) is 18.2 Å². The molecule has 1 atom stereocenters. The Morgan fingerprint density at radius 3 is 3.00 bits per heavy atom. The summed E-state index contributed by atoms with van der Waals surface area (Å²) in [6.07, 6.45) is 6.78. The van der Waals surface area contributed by atoms with Gasteiger partial charge in [-0.1, -0.05) is 18.2 Å². The fourth-order valence-corrected chi connectivity index (χ4v) is 3.40. The van der Waals surface area contributed by atoms with Crippen LogP contribution in [0.25, 0.3) is 0 Å². The van der Waals surface area contributed by atoms with Crippen LogP contribution in [0.2, 0.25) is 0 Å². The highest BCUT2D eigenvalue weighted by atomic mass is 32.2. The molecule has 18 heavy (non-hydrogen) atoms. The molecule has 0 aromatic heterocycles. The van der Waals surface area contributed by atoms with E-state index in [1.165, 1.54) is 6.07 Å². The van der Waals surface area contributed by atoms with E-state index >= 15 is 0 Å². The molecule has 0 spiro atoms. The average Bonchev–Trinajstić information content (AvgIpc) is 2.38. The van der Waals surface area contributed by atoms with E-state index in [2.05, 4.69) is 0 Å². The zero-order valence-corrected chi connectivity index (χ0v) is 10.2. The lowest BCUT2D eigenvalue weighted by Crippen LogP contribution is -2.21. The number of benzene rings is 1. The Morgan fingerprint density at radius 2 is 2.22 bits per heavy atom. The Kier molecular flexibility index (Phi) is 2.59. The number of hydrogen-bond donors (Lipinski definition) is 1. The van der Waals surface area contributed by atoms with Gasteiger partial charge in [0, 0.05) is 16.0 Å². The molecule has 0 saturated carbocycles. The number of rotatable bonds is 1. The Bertz CT molecular complexity index is 613. The zero-order valence-electron chi connectivity index (χ0n) is 9.42. The smallest absolute Gasteiger partial charge is 0.335 e. The molecule has 90 valence electrons. The van der Waals surface area contributed by atoms with Gasteiger partial charge < -0.3 is 5.11 Å². The summed E-state index contributed by atoms with van der Waals surface area (Å²) in [5.41, 5.74) is 1.45. The van der Waals surface area contributed by atoms with Gasteiger partial charge in [-0.25, -0.2) is 4.79 Å². The molecule has 1 unspecified atom stereocenters. The molecule has 0 saturated heterocycles. The van der Waals surface area contributed by atoms with Crippen molar-refractivity contribution in [2.45, 2.75) is 16.6 Å². The van der Waals surface area contributed by atoms with Gasteiger partial charge in [-0.2, -0.15) is 0 Å². The van der Waals surface area contributed by atoms with Gasteiger partial charge in [0.2, 0.25) is 0 Å². The maximum Gasteiger partial charge on any atom is 0.335 e. The predicted molar refractivity (Wildman–Crippen MR) is 69.2 cm³/mol. The zero-order chi connectivity index (χ0) is 12.7. The monoisotopic (exact) mass is 258 g/mol. The van der Waals surface area contributed by atoms with Crippen LogP contribution < -0.4 is 0 Å². The third-order valence-corrected chi connectivity index (χ3v) is 4.35. The van der Waals surface area contributed by atoms with E-state index in [1.54, 1.807) is 23.9 Å². The number of Topliss-reactive ketones (excluding diaryl/α,β-unsaturated/α-hetero) is 1. The van der Waals surface area contributed by atoms with Crippen LogP contribution in [0.15, 0.2) is 46.9 Å². The number of fused-ring (bicyclic) bond motifs is 2. The third-order valence-electron chi connectivity index (χ3n) is 3.08. The molecular formula is C14H10O3S. The minimum Gasteiger partial charge on any atom is -0.478 e. The van der Waals surface area contributed by atoms with Crippen molar-refractivity contribution in [1.29, 1.82) is 0 Å². The van der Waals surface area contributed by atoms with E-state index in [-0.39, 0.29) is 16.6 Å². The van der Waals surface area contributed by atoms with Gasteiger partial charge in [0.25, 0.3) is 0 Å². The van der Waals surface area contributed by atoms with Crippen molar-refractivity contribution in [3.63, 3.8) is 0 Å². The molecule has 1 aliphatic heterocycles. The molecule has 3 nitrogen and oxygen atoms in total. The topological polar surface area (TPSA) is 54.4 Å². The average molecular weight is 258 g/mol. The minimum absolute atomic E-state index is 0.0406. The van der Waals surface area contributed by atoms with Gasteiger partial charge in [-0.3, -0.25) is 4.79 Å². The normalized spacial score (nSPS) is 21.0. The Hall–Kier alpha value is -1.81. The molecule has 1 aromatic carbocycles. The van der Waals surface area contributed by atoms with E-state index < -0.39 is 5.97 Å². The largest absolute Gasteiger partial charge is 0.478 e. The first-order valence-electron chi connectivity index (χ1n) is 5.62. The number of carbonyl (C=O) groups excluding carboxylic acids is 1. The lowest BCUT2D eigenvalue weighted by molar-refractivity contribution is 0.0697. The highest BCUT2D eigenvalue weighted by Crippen LogP contribution is 2.40. The van der Waals surface area contributed by atoms with Gasteiger partial charge in [-0.05, 0) is 24.6 Å². The number of ketones is 1. The Labute approximate surface area is 108 Å². The van der Waals surface area contributed by atoms with Crippen molar-refractivity contribution >= 4 is 23.5 Å². The van der Waals surface area contributed by atoms with Gasteiger partial charge in [0.15, 0.2) is 5.78 Å². The van der Waals surface area contributed by atoms with Crippen LogP contribution in [0.5, 0.6) is 0 Å². The second kappa shape index (κ2) is 4.14. The molecule has 1 aromatic rings. The van der Waals surface area contributed by atoms with Crippen molar-refractivity contribution in [2.24, 2.45) is 0 Å². The molecular weight excluding hydrogens is 248 g/mol. The van der Waals surface area contributed by atoms with E-state index in [0.29, 0.717) is 5.56 Å². The summed E-state index contributed by atoms with van der Waals surface area (Å²) < 4.78 is 0. The van der Waals surface area contributed by atoms with Crippen LogP contribution >= 0.6 is 11.8 Å². The van der Waals surface area contributed by atoms with Gasteiger partial charge in [0.05, 0.1) is 10.8 Å². The lowest BCUT2D eigenvalue weighted by Gasteiger charge is -2.25. The van der Waals surface area contributed by atoms with Crippen LogP contribution in [0, 0.1) is 0 Å². The number of thioether (sulfide) groups is 1. The standard InChI is InChI=1S/C14H10O3S/c15-13-9-3-1-2-4-11(9)18-12-6-5-8(14(16)17)7-10(12)13/h2-7,11H,1H2,(H,16,17). The van der Waals surface area contributed by atoms with Gasteiger partial charge >= 0.3 is 5.97 Å². The molecule has 2 aliphatic rings. The molecule has 0 bridgehead atoms. The highest BCUT2D eigenvalue weighted by Gasteiger charge is 2.30. The van der Waals surface area contributed by atoms with Crippen molar-refractivity contribution in [2.75, 3.05) is 0 Å². The summed E-state index contributed by atoms with van der Waals surface area (Å²) in [5.74, 6) is -1.04. The van der Waals surface area contributed by atoms with Crippen molar-refractivity contribution < 1.29 is 14.7 Å². The van der Waals surface area contributed by atoms with Crippen LogP contribution in [-0.2, 0) is 0 Å². The fraction of sp³-hybridized carbons (Fsp3) is 0.143. The summed E-state index contributed by atoms with van der Waals surface area (Å²) in [4.78, 5) is 24.1. The summed E-state index contributed by atoms with van der Waals surface area (Å²) in [6, 6.07) is 4.74. The fourth-order valence-electron chi connectivity index (χ4n) is 2.18. The summed E-state index contributed by atoms with van der Waals surface area (Å²) in [5, 5.41) is 9.04. The molecule has 0 radical (unpaired) electrons. The SMILES string of the molecule is O=C(O)c1ccc2c(c1)C(=O)C1=CCC=CC1S2. The van der Waals surface area contributed by atoms with Crippen LogP contribution in [0.4, 0.5) is 0 Å². The van der Waals surface area contributed by atoms with Gasteiger partial charge in [0.1, 0.15) is 0 Å². The number of aromatic carboxylic acids is 1. The van der Waals surface area contributed by atoms with Crippen LogP contribution in [0.1, 0.15) is 27.1 Å². The third kappa shape index (κ3) is 1.69. The molecule has 1 heterocycles. The van der Waals surface area contributed by atoms with Crippen LogP contribution in [0.3, 0.4) is 0 Å². The van der Waals surface area contributed by atoms with Gasteiger partial charge in [-0.15, -0.1) is 11.8 Å². The number of carbonyl (C=O) groups is 2. The van der Waals surface area contributed by atoms with Crippen LogP contribution in [-0.4, -0.2) is 22.1 Å². The summed E-state index contributed by atoms with van der Waals surface area (Å²) >= 11 is 1.60. The first-order valence-corrected chi connectivity index (χ1v) is 6.50. The second-order valence-corrected chi connectivity index (χ2v) is 5.39. The second-order valence-electron chi connectivity index (χ2n) is 4.21. The number of allylic oxidation sites excluding steroid dienone is 2. The number of hydrogen-bond acceptors (Lipinski definition) is 3. The van der Waals surface area contributed by atoms with E-state index in [9.17, 15) is 9.59 Å². The summed E-state index contributed by atoms with van der Waals surface area (Å²) in [6.45, 7) is 0. The lowest BCUT2D eigenvalue weighted by atomic mass is 9.94. The molecule has 0 amide bonds. The predicted octanol–water partition coefficient (Wildman–Crippen LogP) is 2.93. The van der Waals surface area contributed by atoms with E-state index in [0.717, 1.165) is 16.9 Å². The first-order chi connectivity index (χ1) is 8.66. The molecule has 0 fully saturated rings. The summed E-state index contributed by atoms with van der Waals surface area (Å²) in [7, 11) is 0. The highest BCUT2D eigenvalue weighted by molar-refractivity contribution is 8.00. The number of carboxylic acids is 1. The van der Waals surface area contributed by atoms with Crippen molar-refractivity contribution in [3.8, 4) is 0 Å². The number of carboxylic acid groups (broad SMARTS) is 1. The van der Waals surface area contributed by atoms with Crippen molar-refractivity contribution in [3.05, 3.63) is 53.1 Å². The van der Waals surface area contributed by atoms with E-state index in [4.69, 9.17) is 5.11 Å². The molecule has 1 N–H and O–H groups in total. The molecule has 3 rings (SSSR count). The Morgan fingerprint density at radius 1 is 1.39 bits per heavy atom. The Balaban J connectivity index is 2.11. The quantitative estimate of drug-likeness (QED) is 0.787. The first kappa shape index (κ1) is 11.3. The minimum atomic E-state index is -1.00.